The number of halogens is 1. The largest absolute Gasteiger partial charge is 0.504 e. The van der Waals surface area contributed by atoms with Gasteiger partial charge in [-0.15, -0.1) is 0 Å². The molecule has 178 valence electrons. The van der Waals surface area contributed by atoms with Crippen molar-refractivity contribution in [1.29, 1.82) is 0 Å². The molecule has 9 heteroatoms. The summed E-state index contributed by atoms with van der Waals surface area (Å²) in [7, 11) is 1.42. The van der Waals surface area contributed by atoms with Crippen LogP contribution in [0.1, 0.15) is 44.2 Å². The minimum atomic E-state index is -1.37. The number of aromatic nitrogens is 1. The number of phenolic OH excluding ortho intramolecular Hbond substituents is 1. The number of pyridine rings is 1. The lowest BCUT2D eigenvalue weighted by Crippen LogP contribution is -2.39. The Morgan fingerprint density at radius 2 is 1.94 bits per heavy atom. The molecule has 1 fully saturated rings. The summed E-state index contributed by atoms with van der Waals surface area (Å²) in [5.41, 5.74) is -0.399. The summed E-state index contributed by atoms with van der Waals surface area (Å²) in [5.74, 6) is -1.86. The standard InChI is InChI=1S/C25H25FN2O6/c1-3-4-17(28-23(30)25(8-9-25)24(31)32)14-5-6-21(16(26)11-14)34-20-7-10-27-18-13-19(29)22(33-2)12-15(18)20/h5-7,10-13,17,29H,3-4,8-9H2,1-2H3,(H,28,30)(H,31,32). The molecule has 0 aliphatic heterocycles. The number of carbonyl (C=O) groups excluding carboxylic acids is 1. The van der Waals surface area contributed by atoms with Gasteiger partial charge in [-0.1, -0.05) is 19.4 Å². The summed E-state index contributed by atoms with van der Waals surface area (Å²) in [6, 6.07) is 8.44. The number of nitrogens with one attached hydrogen (secondary N) is 1. The van der Waals surface area contributed by atoms with Crippen LogP contribution in [0.3, 0.4) is 0 Å². The van der Waals surface area contributed by atoms with E-state index in [1.54, 1.807) is 18.2 Å². The van der Waals surface area contributed by atoms with Gasteiger partial charge in [0.25, 0.3) is 0 Å². The van der Waals surface area contributed by atoms with Crippen LogP contribution in [0, 0.1) is 11.2 Å². The Balaban J connectivity index is 1.59. The molecule has 1 aromatic heterocycles. The Morgan fingerprint density at radius 3 is 2.56 bits per heavy atom. The number of aliphatic carboxylic acids is 1. The number of hydrogen-bond donors (Lipinski definition) is 3. The lowest BCUT2D eigenvalue weighted by Gasteiger charge is -2.21. The zero-order valence-electron chi connectivity index (χ0n) is 18.8. The fraction of sp³-hybridized carbons (Fsp3) is 0.320. The van der Waals surface area contributed by atoms with Crippen LogP contribution in [0.4, 0.5) is 4.39 Å². The number of phenols is 1. The number of carbonyl (C=O) groups is 2. The summed E-state index contributed by atoms with van der Waals surface area (Å²) in [5, 5.41) is 22.7. The maximum absolute atomic E-state index is 15.0. The molecule has 0 bridgehead atoms. The molecule has 1 atom stereocenters. The third kappa shape index (κ3) is 4.33. The van der Waals surface area contributed by atoms with E-state index in [9.17, 15) is 19.8 Å². The van der Waals surface area contributed by atoms with Gasteiger partial charge in [0.1, 0.15) is 11.2 Å². The zero-order valence-corrected chi connectivity index (χ0v) is 18.8. The summed E-state index contributed by atoms with van der Waals surface area (Å²) in [6.07, 6.45) is 3.33. The minimum Gasteiger partial charge on any atom is -0.504 e. The second-order valence-corrected chi connectivity index (χ2v) is 8.34. The highest BCUT2D eigenvalue weighted by Crippen LogP contribution is 2.46. The van der Waals surface area contributed by atoms with Crippen molar-refractivity contribution in [2.45, 2.75) is 38.6 Å². The van der Waals surface area contributed by atoms with E-state index in [4.69, 9.17) is 9.47 Å². The SMILES string of the molecule is CCCC(NC(=O)C1(C(=O)O)CC1)c1ccc(Oc2ccnc3cc(O)c(OC)cc23)c(F)c1. The van der Waals surface area contributed by atoms with Gasteiger partial charge in [-0.25, -0.2) is 4.39 Å². The summed E-state index contributed by atoms with van der Waals surface area (Å²) >= 11 is 0. The van der Waals surface area contributed by atoms with Crippen LogP contribution < -0.4 is 14.8 Å². The van der Waals surface area contributed by atoms with Crippen LogP contribution in [0.5, 0.6) is 23.0 Å². The fourth-order valence-corrected chi connectivity index (χ4v) is 3.89. The van der Waals surface area contributed by atoms with Gasteiger partial charge in [0.05, 0.1) is 18.7 Å². The number of amides is 1. The summed E-state index contributed by atoms with van der Waals surface area (Å²) < 4.78 is 26.0. The number of aromatic hydroxyl groups is 1. The average molecular weight is 468 g/mol. The van der Waals surface area contributed by atoms with E-state index in [0.29, 0.717) is 47.9 Å². The van der Waals surface area contributed by atoms with Gasteiger partial charge in [-0.05, 0) is 49.1 Å². The van der Waals surface area contributed by atoms with E-state index >= 15 is 4.39 Å². The van der Waals surface area contributed by atoms with Gasteiger partial charge in [-0.2, -0.15) is 0 Å². The third-order valence-corrected chi connectivity index (χ3v) is 6.06. The van der Waals surface area contributed by atoms with E-state index in [1.807, 2.05) is 6.92 Å². The van der Waals surface area contributed by atoms with Crippen LogP contribution >= 0.6 is 0 Å². The van der Waals surface area contributed by atoms with Crippen molar-refractivity contribution in [3.05, 3.63) is 54.0 Å². The first-order valence-electron chi connectivity index (χ1n) is 11.0. The first kappa shape index (κ1) is 23.3. The second kappa shape index (κ2) is 9.17. The number of fused-ring (bicyclic) bond motifs is 1. The Kier molecular flexibility index (Phi) is 6.28. The van der Waals surface area contributed by atoms with Crippen molar-refractivity contribution in [3.63, 3.8) is 0 Å². The Bertz CT molecular complexity index is 1260. The highest BCUT2D eigenvalue weighted by Gasteiger charge is 2.57. The first-order chi connectivity index (χ1) is 16.3. The molecule has 34 heavy (non-hydrogen) atoms. The third-order valence-electron chi connectivity index (χ3n) is 6.06. The summed E-state index contributed by atoms with van der Waals surface area (Å²) in [4.78, 5) is 28.2. The molecule has 0 spiro atoms. The van der Waals surface area contributed by atoms with Crippen LogP contribution in [-0.4, -0.2) is 34.2 Å². The number of methoxy groups -OCH3 is 1. The highest BCUT2D eigenvalue weighted by molar-refractivity contribution is 6.05. The van der Waals surface area contributed by atoms with Gasteiger partial charge < -0.3 is 25.0 Å². The number of benzene rings is 2. The number of carboxylic acid groups (broad SMARTS) is 1. The normalized spacial score (nSPS) is 14.9. The van der Waals surface area contributed by atoms with Gasteiger partial charge >= 0.3 is 5.97 Å². The van der Waals surface area contributed by atoms with Crippen LogP contribution in [0.2, 0.25) is 0 Å². The molecule has 1 saturated carbocycles. The van der Waals surface area contributed by atoms with E-state index in [-0.39, 0.29) is 17.2 Å². The Hall–Kier alpha value is -3.88. The molecule has 1 aliphatic carbocycles. The molecular formula is C25H25FN2O6. The molecule has 0 saturated heterocycles. The smallest absolute Gasteiger partial charge is 0.319 e. The molecule has 1 unspecified atom stereocenters. The highest BCUT2D eigenvalue weighted by atomic mass is 19.1. The van der Waals surface area contributed by atoms with E-state index in [2.05, 4.69) is 10.3 Å². The van der Waals surface area contributed by atoms with Crippen LogP contribution in [0.15, 0.2) is 42.6 Å². The molecule has 3 N–H and O–H groups in total. The maximum atomic E-state index is 15.0. The van der Waals surface area contributed by atoms with E-state index < -0.39 is 29.2 Å². The lowest BCUT2D eigenvalue weighted by atomic mass is 9.99. The Morgan fingerprint density at radius 1 is 1.18 bits per heavy atom. The fourth-order valence-electron chi connectivity index (χ4n) is 3.89. The first-order valence-corrected chi connectivity index (χ1v) is 11.0. The van der Waals surface area contributed by atoms with Crippen LogP contribution in [0.25, 0.3) is 10.9 Å². The van der Waals surface area contributed by atoms with Crippen molar-refractivity contribution >= 4 is 22.8 Å². The molecule has 1 amide bonds. The molecule has 0 radical (unpaired) electrons. The van der Waals surface area contributed by atoms with Gasteiger partial charge in [-0.3, -0.25) is 14.6 Å². The summed E-state index contributed by atoms with van der Waals surface area (Å²) in [6.45, 7) is 1.93. The Labute approximate surface area is 195 Å². The van der Waals surface area contributed by atoms with Gasteiger partial charge in [0.2, 0.25) is 5.91 Å². The number of hydrogen-bond acceptors (Lipinski definition) is 6. The van der Waals surface area contributed by atoms with Gasteiger partial charge in [0, 0.05) is 17.6 Å². The van der Waals surface area contributed by atoms with E-state index in [1.165, 1.54) is 31.5 Å². The predicted molar refractivity (Wildman–Crippen MR) is 122 cm³/mol. The van der Waals surface area contributed by atoms with Crippen molar-refractivity contribution < 1.29 is 33.7 Å². The number of rotatable bonds is 9. The molecule has 4 rings (SSSR count). The zero-order chi connectivity index (χ0) is 24.5. The quantitative estimate of drug-likeness (QED) is 0.390. The molecule has 1 aliphatic rings. The molecular weight excluding hydrogens is 443 g/mol. The predicted octanol–water partition coefficient (Wildman–Crippen LogP) is 4.70. The van der Waals surface area contributed by atoms with Crippen LogP contribution in [-0.2, 0) is 9.59 Å². The topological polar surface area (TPSA) is 118 Å². The average Bonchev–Trinajstić information content (AvgIpc) is 3.62. The molecule has 3 aromatic rings. The number of carboxylic acids is 1. The van der Waals surface area contributed by atoms with Crippen molar-refractivity contribution in [2.75, 3.05) is 7.11 Å². The van der Waals surface area contributed by atoms with E-state index in [0.717, 1.165) is 0 Å². The maximum Gasteiger partial charge on any atom is 0.319 e. The molecule has 1 heterocycles. The minimum absolute atomic E-state index is 0.0333. The van der Waals surface area contributed by atoms with Crippen molar-refractivity contribution in [3.8, 4) is 23.0 Å². The molecule has 8 nitrogen and oxygen atoms in total. The second-order valence-electron chi connectivity index (χ2n) is 8.34. The van der Waals surface area contributed by atoms with Crippen molar-refractivity contribution in [2.24, 2.45) is 5.41 Å². The van der Waals surface area contributed by atoms with Crippen molar-refractivity contribution in [1.82, 2.24) is 10.3 Å². The monoisotopic (exact) mass is 468 g/mol. The lowest BCUT2D eigenvalue weighted by molar-refractivity contribution is -0.149. The molecule has 2 aromatic carbocycles. The number of nitrogens with zero attached hydrogens (tertiary/aromatic N) is 1. The van der Waals surface area contributed by atoms with Gasteiger partial charge in [0.15, 0.2) is 23.1 Å². The number of ether oxygens (including phenoxy) is 2.